The van der Waals surface area contributed by atoms with E-state index >= 15 is 4.39 Å². The molecule has 8 heterocycles. The molecule has 1 aromatic carbocycles. The highest BCUT2D eigenvalue weighted by Crippen LogP contribution is 2.42. The number of rotatable bonds is 3. The zero-order valence-electron chi connectivity index (χ0n) is 25.2. The number of aromatic amines is 1. The Balaban J connectivity index is 1.29. The number of aromatic nitrogens is 5. The maximum atomic E-state index is 17.0. The Morgan fingerprint density at radius 3 is 3.00 bits per heavy atom. The van der Waals surface area contributed by atoms with Gasteiger partial charge in [-0.25, -0.2) is 8.78 Å². The molecule has 9 rings (SSSR count). The summed E-state index contributed by atoms with van der Waals surface area (Å²) in [6, 6.07) is 1.89. The number of fused-ring (bicyclic) bond motifs is 8. The fraction of sp³-hybridized carbons (Fsp3) is 0.562. The lowest BCUT2D eigenvalue weighted by Gasteiger charge is -2.34. The van der Waals surface area contributed by atoms with Crippen molar-refractivity contribution in [3.8, 4) is 17.3 Å². The fourth-order valence-corrected chi connectivity index (χ4v) is 7.96. The van der Waals surface area contributed by atoms with Crippen LogP contribution >= 0.6 is 11.6 Å². The van der Waals surface area contributed by atoms with Crippen LogP contribution in [0.2, 0.25) is 5.02 Å². The number of anilines is 1. The number of nitrogens with one attached hydrogen (secondary N) is 1. The number of ether oxygens (including phenoxy) is 3. The van der Waals surface area contributed by atoms with Gasteiger partial charge in [-0.2, -0.15) is 15.1 Å². The number of pyridine rings is 1. The normalized spacial score (nSPS) is 27.5. The maximum absolute atomic E-state index is 17.0. The highest BCUT2D eigenvalue weighted by molar-refractivity contribution is 6.33. The van der Waals surface area contributed by atoms with Crippen LogP contribution in [0.1, 0.15) is 38.2 Å². The minimum Gasteiger partial charge on any atom is -0.461 e. The first kappa shape index (κ1) is 29.2. The minimum absolute atomic E-state index is 0.0610. The summed E-state index contributed by atoms with van der Waals surface area (Å²) >= 11 is 6.87. The topological polar surface area (TPSA) is 102 Å². The van der Waals surface area contributed by atoms with Gasteiger partial charge in [-0.15, -0.1) is 0 Å². The highest BCUT2D eigenvalue weighted by Gasteiger charge is 2.49. The molecule has 4 aromatic rings. The van der Waals surface area contributed by atoms with Gasteiger partial charge in [0.2, 0.25) is 0 Å². The summed E-state index contributed by atoms with van der Waals surface area (Å²) in [5.74, 6) is 0.149. The number of morpholine rings is 1. The van der Waals surface area contributed by atoms with Crippen LogP contribution in [-0.4, -0.2) is 100 Å². The number of hydrogen-bond donors (Lipinski definition) is 1. The first-order valence-electron chi connectivity index (χ1n) is 15.9. The van der Waals surface area contributed by atoms with Crippen molar-refractivity contribution in [2.24, 2.45) is 5.92 Å². The molecule has 0 saturated carbocycles. The summed E-state index contributed by atoms with van der Waals surface area (Å²) in [5, 5.41) is 8.92. The van der Waals surface area contributed by atoms with Crippen molar-refractivity contribution in [2.45, 2.75) is 56.8 Å². The monoisotopic (exact) mass is 639 g/mol. The molecule has 6 bridgehead atoms. The van der Waals surface area contributed by atoms with Crippen molar-refractivity contribution in [2.75, 3.05) is 57.5 Å². The standard InChI is InChI=1S/C32H36ClF2N7O3/c1-18-3-7-43-16-20-15-41(6-8-44-20)30-23-12-36-29(26-21(9-18)24(33)10-25-22(26)13-37-40-25)27(35)28(23)38-31(39-30)45-17-32-4-2-5-42(32)14-19(34)11-32/h10,12-13,18-20H,2-9,11,14-17H2,1H3,(H,37,40)/t18?,19-,20-,32+/m1/s1. The molecule has 5 aliphatic heterocycles. The molecule has 0 spiro atoms. The highest BCUT2D eigenvalue weighted by atomic mass is 35.5. The molecule has 10 nitrogen and oxygen atoms in total. The summed E-state index contributed by atoms with van der Waals surface area (Å²) in [6.45, 7) is 6.17. The van der Waals surface area contributed by atoms with E-state index in [4.69, 9.17) is 35.8 Å². The molecule has 4 atom stereocenters. The van der Waals surface area contributed by atoms with E-state index in [0.717, 1.165) is 36.8 Å². The van der Waals surface area contributed by atoms with Gasteiger partial charge < -0.3 is 19.1 Å². The molecular weight excluding hydrogens is 604 g/mol. The van der Waals surface area contributed by atoms with Crippen LogP contribution < -0.4 is 9.64 Å². The third kappa shape index (κ3) is 5.19. The summed E-state index contributed by atoms with van der Waals surface area (Å²) in [6.07, 6.45) is 5.91. The number of alkyl halides is 1. The van der Waals surface area contributed by atoms with Gasteiger partial charge in [0, 0.05) is 54.8 Å². The molecule has 13 heteroatoms. The second-order valence-corrected chi connectivity index (χ2v) is 13.4. The molecule has 1 N–H and O–H groups in total. The number of nitrogens with zero attached hydrogens (tertiary/aromatic N) is 6. The predicted octanol–water partition coefficient (Wildman–Crippen LogP) is 5.12. The number of H-pyrrole nitrogens is 1. The van der Waals surface area contributed by atoms with E-state index < -0.39 is 17.5 Å². The van der Waals surface area contributed by atoms with Crippen molar-refractivity contribution in [1.82, 2.24) is 30.0 Å². The Morgan fingerprint density at radius 2 is 2.09 bits per heavy atom. The summed E-state index contributed by atoms with van der Waals surface area (Å²) in [5.41, 5.74) is 1.95. The van der Waals surface area contributed by atoms with Crippen LogP contribution in [0.4, 0.5) is 14.6 Å². The Labute approximate surface area is 264 Å². The van der Waals surface area contributed by atoms with Gasteiger partial charge in [-0.05, 0) is 49.8 Å². The predicted molar refractivity (Wildman–Crippen MR) is 166 cm³/mol. The van der Waals surface area contributed by atoms with E-state index in [1.54, 1.807) is 12.4 Å². The van der Waals surface area contributed by atoms with Gasteiger partial charge in [-0.1, -0.05) is 18.5 Å². The van der Waals surface area contributed by atoms with Crippen molar-refractivity contribution in [3.63, 3.8) is 0 Å². The average molecular weight is 640 g/mol. The number of halogens is 3. The fourth-order valence-electron chi connectivity index (χ4n) is 7.68. The Hall–Kier alpha value is -3.19. The molecule has 238 valence electrons. The van der Waals surface area contributed by atoms with Gasteiger partial charge in [0.1, 0.15) is 29.8 Å². The zero-order chi connectivity index (χ0) is 30.7. The van der Waals surface area contributed by atoms with Crippen LogP contribution in [0.5, 0.6) is 6.01 Å². The molecule has 3 fully saturated rings. The Kier molecular flexibility index (Phi) is 7.51. The second-order valence-electron chi connectivity index (χ2n) is 13.0. The first-order valence-corrected chi connectivity index (χ1v) is 16.2. The first-order chi connectivity index (χ1) is 21.9. The molecule has 5 aliphatic rings. The van der Waals surface area contributed by atoms with E-state index in [2.05, 4.69) is 31.9 Å². The van der Waals surface area contributed by atoms with E-state index in [0.29, 0.717) is 79.6 Å². The van der Waals surface area contributed by atoms with Gasteiger partial charge in [0.15, 0.2) is 5.82 Å². The van der Waals surface area contributed by atoms with E-state index in [1.807, 2.05) is 6.07 Å². The van der Waals surface area contributed by atoms with Gasteiger partial charge in [0.05, 0.1) is 42.0 Å². The molecule has 1 unspecified atom stereocenters. The molecule has 45 heavy (non-hydrogen) atoms. The Morgan fingerprint density at radius 1 is 1.18 bits per heavy atom. The molecular formula is C32H36ClF2N7O3. The molecule has 3 aromatic heterocycles. The van der Waals surface area contributed by atoms with E-state index in [1.165, 1.54) is 0 Å². The molecule has 0 radical (unpaired) electrons. The zero-order valence-corrected chi connectivity index (χ0v) is 26.0. The van der Waals surface area contributed by atoms with Crippen LogP contribution in [-0.2, 0) is 15.9 Å². The van der Waals surface area contributed by atoms with Gasteiger partial charge >= 0.3 is 6.01 Å². The maximum Gasteiger partial charge on any atom is 0.319 e. The summed E-state index contributed by atoms with van der Waals surface area (Å²) in [4.78, 5) is 18.4. The van der Waals surface area contributed by atoms with Crippen molar-refractivity contribution >= 4 is 39.2 Å². The minimum atomic E-state index is -0.887. The molecule has 0 amide bonds. The van der Waals surface area contributed by atoms with E-state index in [-0.39, 0.29) is 35.8 Å². The quantitative estimate of drug-likeness (QED) is 0.327. The number of benzene rings is 1. The van der Waals surface area contributed by atoms with Crippen LogP contribution in [0.15, 0.2) is 18.5 Å². The van der Waals surface area contributed by atoms with Crippen molar-refractivity contribution in [1.29, 1.82) is 0 Å². The lowest BCUT2D eigenvalue weighted by molar-refractivity contribution is -0.0257. The smallest absolute Gasteiger partial charge is 0.319 e. The second kappa shape index (κ2) is 11.6. The number of hydrogen-bond acceptors (Lipinski definition) is 9. The lowest BCUT2D eigenvalue weighted by atomic mass is 9.91. The van der Waals surface area contributed by atoms with Crippen LogP contribution in [0.25, 0.3) is 33.1 Å². The van der Waals surface area contributed by atoms with Crippen molar-refractivity contribution < 1.29 is 23.0 Å². The van der Waals surface area contributed by atoms with Crippen molar-refractivity contribution in [3.05, 3.63) is 34.9 Å². The van der Waals surface area contributed by atoms with Gasteiger partial charge in [0.25, 0.3) is 0 Å². The van der Waals surface area contributed by atoms with Crippen LogP contribution in [0.3, 0.4) is 0 Å². The Bertz CT molecular complexity index is 1760. The lowest BCUT2D eigenvalue weighted by Crippen LogP contribution is -2.45. The molecule has 0 aliphatic carbocycles. The third-order valence-corrected chi connectivity index (χ3v) is 10.3. The van der Waals surface area contributed by atoms with Gasteiger partial charge in [-0.3, -0.25) is 15.0 Å². The third-order valence-electron chi connectivity index (χ3n) is 9.96. The van der Waals surface area contributed by atoms with E-state index in [9.17, 15) is 4.39 Å². The largest absolute Gasteiger partial charge is 0.461 e. The summed E-state index contributed by atoms with van der Waals surface area (Å²) in [7, 11) is 0. The summed E-state index contributed by atoms with van der Waals surface area (Å²) < 4.78 is 49.9. The SMILES string of the molecule is CC1CCOC[C@H]2CN(CCO2)c2nc(OC[C@@]34CCCN3C[C@H](F)C4)nc3c(F)c(ncc23)-c2c(c(Cl)cc3[nH]ncc23)C1. The molecule has 3 saturated heterocycles. The van der Waals surface area contributed by atoms with Crippen LogP contribution in [0, 0.1) is 11.7 Å². The average Bonchev–Trinajstić information content (AvgIpc) is 3.73.